The number of ether oxygens (including phenoxy) is 1. The van der Waals surface area contributed by atoms with Crippen molar-refractivity contribution in [3.05, 3.63) is 66.4 Å². The summed E-state index contributed by atoms with van der Waals surface area (Å²) in [6.45, 7) is 4.72. The van der Waals surface area contributed by atoms with Gasteiger partial charge in [0, 0.05) is 38.4 Å². The molecule has 1 saturated heterocycles. The van der Waals surface area contributed by atoms with Crippen molar-refractivity contribution in [3.63, 3.8) is 0 Å². The fraction of sp³-hybridized carbons (Fsp3) is 0.286. The van der Waals surface area contributed by atoms with E-state index in [1.165, 1.54) is 5.56 Å². The van der Waals surface area contributed by atoms with E-state index in [1.807, 2.05) is 24.3 Å². The fourth-order valence-corrected chi connectivity index (χ4v) is 3.26. The molecular weight excluding hydrogens is 352 g/mol. The number of rotatable bonds is 6. The van der Waals surface area contributed by atoms with Crippen LogP contribution >= 0.6 is 0 Å². The van der Waals surface area contributed by atoms with Gasteiger partial charge in [0.1, 0.15) is 5.75 Å². The maximum Gasteiger partial charge on any atom is 0.247 e. The van der Waals surface area contributed by atoms with Crippen LogP contribution in [-0.4, -0.2) is 53.4 Å². The van der Waals surface area contributed by atoms with Gasteiger partial charge < -0.3 is 15.0 Å². The highest BCUT2D eigenvalue weighted by atomic mass is 16.5. The SMILES string of the molecule is COc1ccc(Nc2cnnc(N3CCN(Cc4ccccc4)CC3)n2)cc1. The zero-order valence-corrected chi connectivity index (χ0v) is 16.0. The summed E-state index contributed by atoms with van der Waals surface area (Å²) in [6.07, 6.45) is 1.64. The van der Waals surface area contributed by atoms with Gasteiger partial charge in [0.25, 0.3) is 0 Å². The molecule has 144 valence electrons. The molecule has 0 bridgehead atoms. The molecule has 1 N–H and O–H groups in total. The Bertz CT molecular complexity index is 879. The van der Waals surface area contributed by atoms with Gasteiger partial charge in [0.05, 0.1) is 13.3 Å². The molecular formula is C21H24N6O. The van der Waals surface area contributed by atoms with E-state index in [9.17, 15) is 0 Å². The summed E-state index contributed by atoms with van der Waals surface area (Å²) in [5.41, 5.74) is 2.28. The maximum atomic E-state index is 5.19. The van der Waals surface area contributed by atoms with E-state index in [1.54, 1.807) is 13.3 Å². The van der Waals surface area contributed by atoms with E-state index < -0.39 is 0 Å². The molecule has 28 heavy (non-hydrogen) atoms. The van der Waals surface area contributed by atoms with Crippen molar-refractivity contribution in [2.75, 3.05) is 43.5 Å². The number of nitrogens with zero attached hydrogens (tertiary/aromatic N) is 5. The Balaban J connectivity index is 1.35. The number of benzene rings is 2. The van der Waals surface area contributed by atoms with Crippen LogP contribution in [0.2, 0.25) is 0 Å². The molecule has 4 rings (SSSR count). The molecule has 0 aliphatic carbocycles. The number of piperazine rings is 1. The largest absolute Gasteiger partial charge is 0.497 e. The first-order chi connectivity index (χ1) is 13.8. The molecule has 0 amide bonds. The number of hydrogen-bond donors (Lipinski definition) is 1. The smallest absolute Gasteiger partial charge is 0.247 e. The first-order valence-electron chi connectivity index (χ1n) is 9.42. The Kier molecular flexibility index (Phi) is 5.63. The zero-order valence-electron chi connectivity index (χ0n) is 16.0. The molecule has 7 nitrogen and oxygen atoms in total. The van der Waals surface area contributed by atoms with Crippen molar-refractivity contribution in [1.82, 2.24) is 20.1 Å². The van der Waals surface area contributed by atoms with Crippen molar-refractivity contribution in [2.24, 2.45) is 0 Å². The number of anilines is 3. The highest BCUT2D eigenvalue weighted by Gasteiger charge is 2.19. The highest BCUT2D eigenvalue weighted by molar-refractivity contribution is 5.57. The van der Waals surface area contributed by atoms with E-state index in [0.717, 1.165) is 44.2 Å². The first kappa shape index (κ1) is 18.2. The number of hydrogen-bond acceptors (Lipinski definition) is 7. The third-order valence-electron chi connectivity index (χ3n) is 4.81. The normalized spacial score (nSPS) is 14.7. The second-order valence-electron chi connectivity index (χ2n) is 6.74. The molecule has 0 unspecified atom stereocenters. The van der Waals surface area contributed by atoms with E-state index in [2.05, 4.69) is 60.6 Å². The second-order valence-corrected chi connectivity index (χ2v) is 6.74. The van der Waals surface area contributed by atoms with Crippen molar-refractivity contribution in [3.8, 4) is 5.75 Å². The van der Waals surface area contributed by atoms with Crippen molar-refractivity contribution in [2.45, 2.75) is 6.54 Å². The topological polar surface area (TPSA) is 66.4 Å². The fourth-order valence-electron chi connectivity index (χ4n) is 3.26. The van der Waals surface area contributed by atoms with Gasteiger partial charge in [-0.3, -0.25) is 4.90 Å². The van der Waals surface area contributed by atoms with Crippen molar-refractivity contribution in [1.29, 1.82) is 0 Å². The predicted molar refractivity (Wildman–Crippen MR) is 110 cm³/mol. The minimum Gasteiger partial charge on any atom is -0.497 e. The summed E-state index contributed by atoms with van der Waals surface area (Å²) < 4.78 is 5.19. The van der Waals surface area contributed by atoms with Gasteiger partial charge in [-0.2, -0.15) is 10.1 Å². The third kappa shape index (κ3) is 4.55. The van der Waals surface area contributed by atoms with Gasteiger partial charge in [-0.05, 0) is 29.8 Å². The molecule has 0 spiro atoms. The Morgan fingerprint density at radius 2 is 1.71 bits per heavy atom. The first-order valence-corrected chi connectivity index (χ1v) is 9.42. The zero-order chi connectivity index (χ0) is 19.2. The summed E-state index contributed by atoms with van der Waals surface area (Å²) >= 11 is 0. The Morgan fingerprint density at radius 3 is 2.43 bits per heavy atom. The van der Waals surface area contributed by atoms with Gasteiger partial charge in [-0.25, -0.2) is 0 Å². The average Bonchev–Trinajstić information content (AvgIpc) is 2.76. The van der Waals surface area contributed by atoms with E-state index >= 15 is 0 Å². The maximum absolute atomic E-state index is 5.19. The van der Waals surface area contributed by atoms with Gasteiger partial charge in [0.15, 0.2) is 5.82 Å². The third-order valence-corrected chi connectivity index (χ3v) is 4.81. The van der Waals surface area contributed by atoms with Crippen LogP contribution in [0.15, 0.2) is 60.8 Å². The minimum absolute atomic E-state index is 0.665. The highest BCUT2D eigenvalue weighted by Crippen LogP contribution is 2.20. The lowest BCUT2D eigenvalue weighted by Crippen LogP contribution is -2.46. The van der Waals surface area contributed by atoms with Crippen LogP contribution in [0.3, 0.4) is 0 Å². The summed E-state index contributed by atoms with van der Waals surface area (Å²) in [4.78, 5) is 9.28. The molecule has 3 aromatic rings. The standard InChI is InChI=1S/C21H24N6O/c1-28-19-9-7-18(8-10-19)23-20-15-22-25-21(24-20)27-13-11-26(12-14-27)16-17-5-3-2-4-6-17/h2-10,15H,11-14,16H2,1H3,(H,23,24,25). The predicted octanol–water partition coefficient (Wildman–Crippen LogP) is 2.95. The lowest BCUT2D eigenvalue weighted by Gasteiger charge is -2.34. The summed E-state index contributed by atoms with van der Waals surface area (Å²) in [5.74, 6) is 2.17. The van der Waals surface area contributed by atoms with Gasteiger partial charge >= 0.3 is 0 Å². The van der Waals surface area contributed by atoms with Crippen LogP contribution in [0.4, 0.5) is 17.5 Å². The van der Waals surface area contributed by atoms with Crippen molar-refractivity contribution < 1.29 is 4.74 Å². The summed E-state index contributed by atoms with van der Waals surface area (Å²) in [5, 5.41) is 11.6. The minimum atomic E-state index is 0.665. The molecule has 2 heterocycles. The molecule has 1 aromatic heterocycles. The lowest BCUT2D eigenvalue weighted by molar-refractivity contribution is 0.248. The Labute approximate surface area is 165 Å². The van der Waals surface area contributed by atoms with Gasteiger partial charge in [-0.15, -0.1) is 5.10 Å². The van der Waals surface area contributed by atoms with Crippen LogP contribution < -0.4 is 15.0 Å². The number of methoxy groups -OCH3 is 1. The monoisotopic (exact) mass is 376 g/mol. The quantitative estimate of drug-likeness (QED) is 0.709. The van der Waals surface area contributed by atoms with Gasteiger partial charge in [0.2, 0.25) is 5.95 Å². The molecule has 0 saturated carbocycles. The Morgan fingerprint density at radius 1 is 0.964 bits per heavy atom. The van der Waals surface area contributed by atoms with Crippen LogP contribution in [0.1, 0.15) is 5.56 Å². The average molecular weight is 376 g/mol. The van der Waals surface area contributed by atoms with Crippen LogP contribution in [0.25, 0.3) is 0 Å². The molecule has 0 atom stereocenters. The molecule has 2 aromatic carbocycles. The van der Waals surface area contributed by atoms with E-state index in [0.29, 0.717) is 11.8 Å². The van der Waals surface area contributed by atoms with E-state index in [-0.39, 0.29) is 0 Å². The number of aromatic nitrogens is 3. The van der Waals surface area contributed by atoms with Crippen LogP contribution in [-0.2, 0) is 6.54 Å². The molecule has 0 radical (unpaired) electrons. The van der Waals surface area contributed by atoms with Crippen LogP contribution in [0.5, 0.6) is 5.75 Å². The van der Waals surface area contributed by atoms with Gasteiger partial charge in [-0.1, -0.05) is 30.3 Å². The van der Waals surface area contributed by atoms with Crippen LogP contribution in [0, 0.1) is 0 Å². The number of nitrogens with one attached hydrogen (secondary N) is 1. The summed E-state index contributed by atoms with van der Waals surface area (Å²) in [7, 11) is 1.66. The molecule has 1 fully saturated rings. The Hall–Kier alpha value is -3.19. The lowest BCUT2D eigenvalue weighted by atomic mass is 10.2. The second kappa shape index (κ2) is 8.67. The molecule has 1 aliphatic heterocycles. The molecule has 7 heteroatoms. The summed E-state index contributed by atoms with van der Waals surface area (Å²) in [6, 6.07) is 18.3. The van der Waals surface area contributed by atoms with E-state index in [4.69, 9.17) is 4.74 Å². The molecule has 1 aliphatic rings. The van der Waals surface area contributed by atoms with Crippen molar-refractivity contribution >= 4 is 17.5 Å².